The van der Waals surface area contributed by atoms with Crippen LogP contribution in [0.25, 0.3) is 11.0 Å². The Balaban J connectivity index is 1.73. The van der Waals surface area contributed by atoms with Gasteiger partial charge in [-0.1, -0.05) is 42.5 Å². The van der Waals surface area contributed by atoms with Gasteiger partial charge in [0.05, 0.1) is 37.9 Å². The van der Waals surface area contributed by atoms with E-state index in [9.17, 15) is 9.59 Å². The maximum absolute atomic E-state index is 14.1. The van der Waals surface area contributed by atoms with Gasteiger partial charge in [-0.2, -0.15) is 0 Å². The Hall–Kier alpha value is -4.33. The lowest BCUT2D eigenvalue weighted by Gasteiger charge is -2.38. The van der Waals surface area contributed by atoms with Crippen LogP contribution in [0.1, 0.15) is 24.1 Å². The lowest BCUT2D eigenvalue weighted by atomic mass is 9.88. The fraction of sp³-hybridized carbons (Fsp3) is 0.276. The van der Waals surface area contributed by atoms with Crippen molar-refractivity contribution in [1.29, 1.82) is 0 Å². The SMILES string of the molecule is CCOC(=O)C1C(=O)N(CCc2ccccc2)c2nc3ccccc3n2C1c1cc(OC)ccc1OC. The average molecular weight is 500 g/mol. The van der Waals surface area contributed by atoms with Gasteiger partial charge in [0.25, 0.3) is 0 Å². The van der Waals surface area contributed by atoms with Gasteiger partial charge in [-0.25, -0.2) is 4.98 Å². The number of anilines is 1. The summed E-state index contributed by atoms with van der Waals surface area (Å²) in [5.41, 5.74) is 3.26. The summed E-state index contributed by atoms with van der Waals surface area (Å²) in [5, 5.41) is 0. The zero-order chi connectivity index (χ0) is 25.9. The second-order valence-corrected chi connectivity index (χ2v) is 8.78. The fourth-order valence-corrected chi connectivity index (χ4v) is 4.99. The highest BCUT2D eigenvalue weighted by atomic mass is 16.5. The molecule has 0 aliphatic carbocycles. The number of methoxy groups -OCH3 is 2. The Bertz CT molecular complexity index is 1430. The molecule has 2 heterocycles. The van der Waals surface area contributed by atoms with Crippen LogP contribution in [0, 0.1) is 5.92 Å². The van der Waals surface area contributed by atoms with Gasteiger partial charge < -0.3 is 18.8 Å². The van der Waals surface area contributed by atoms with Crippen LogP contribution < -0.4 is 14.4 Å². The molecule has 0 N–H and O–H groups in total. The summed E-state index contributed by atoms with van der Waals surface area (Å²) in [6.07, 6.45) is 0.610. The van der Waals surface area contributed by atoms with E-state index in [1.807, 2.05) is 59.2 Å². The molecule has 37 heavy (non-hydrogen) atoms. The minimum atomic E-state index is -1.14. The first-order valence-electron chi connectivity index (χ1n) is 12.3. The molecule has 1 aliphatic rings. The minimum absolute atomic E-state index is 0.159. The molecule has 3 aromatic carbocycles. The van der Waals surface area contributed by atoms with Gasteiger partial charge in [-0.3, -0.25) is 14.5 Å². The molecule has 0 bridgehead atoms. The summed E-state index contributed by atoms with van der Waals surface area (Å²) in [5.74, 6) is -0.473. The molecule has 2 unspecified atom stereocenters. The van der Waals surface area contributed by atoms with Crippen molar-refractivity contribution in [2.45, 2.75) is 19.4 Å². The van der Waals surface area contributed by atoms with Crippen molar-refractivity contribution >= 4 is 28.9 Å². The van der Waals surface area contributed by atoms with E-state index in [1.54, 1.807) is 44.2 Å². The highest BCUT2D eigenvalue weighted by Gasteiger charge is 2.48. The van der Waals surface area contributed by atoms with E-state index in [0.29, 0.717) is 36.0 Å². The number of carbonyl (C=O) groups is 2. The Morgan fingerprint density at radius 1 is 0.973 bits per heavy atom. The van der Waals surface area contributed by atoms with Crippen LogP contribution in [-0.4, -0.2) is 48.8 Å². The van der Waals surface area contributed by atoms with Gasteiger partial charge in [0.2, 0.25) is 11.9 Å². The summed E-state index contributed by atoms with van der Waals surface area (Å²) in [6.45, 7) is 2.26. The first-order chi connectivity index (χ1) is 18.1. The molecule has 2 atom stereocenters. The van der Waals surface area contributed by atoms with Gasteiger partial charge in [0.1, 0.15) is 11.5 Å². The van der Waals surface area contributed by atoms with E-state index in [0.717, 1.165) is 16.6 Å². The van der Waals surface area contributed by atoms with Crippen molar-refractivity contribution in [1.82, 2.24) is 9.55 Å². The summed E-state index contributed by atoms with van der Waals surface area (Å²) in [6, 6.07) is 22.2. The minimum Gasteiger partial charge on any atom is -0.497 e. The third-order valence-corrected chi connectivity index (χ3v) is 6.71. The first kappa shape index (κ1) is 24.4. The molecule has 0 spiro atoms. The molecule has 5 rings (SSSR count). The number of carbonyl (C=O) groups excluding carboxylic acids is 2. The Morgan fingerprint density at radius 2 is 1.73 bits per heavy atom. The number of rotatable bonds is 8. The van der Waals surface area contributed by atoms with E-state index in [-0.39, 0.29) is 12.5 Å². The standard InChI is InChI=1S/C29H29N3O5/c1-4-37-28(34)25-26(21-18-20(35-2)14-15-24(21)36-3)32-23-13-9-8-12-22(23)30-29(32)31(27(25)33)17-16-19-10-6-5-7-11-19/h5-15,18,25-26H,4,16-17H2,1-3H3. The molecule has 190 valence electrons. The topological polar surface area (TPSA) is 82.9 Å². The van der Waals surface area contributed by atoms with Crippen LogP contribution in [0.3, 0.4) is 0 Å². The fourth-order valence-electron chi connectivity index (χ4n) is 4.99. The predicted molar refractivity (Wildman–Crippen MR) is 140 cm³/mol. The maximum Gasteiger partial charge on any atom is 0.321 e. The lowest BCUT2D eigenvalue weighted by molar-refractivity contribution is -0.153. The van der Waals surface area contributed by atoms with Crippen molar-refractivity contribution in [3.63, 3.8) is 0 Å². The van der Waals surface area contributed by atoms with Gasteiger partial charge in [0, 0.05) is 12.1 Å². The van der Waals surface area contributed by atoms with E-state index >= 15 is 0 Å². The predicted octanol–water partition coefficient (Wildman–Crippen LogP) is 4.41. The van der Waals surface area contributed by atoms with Crippen LogP contribution in [0.4, 0.5) is 5.95 Å². The van der Waals surface area contributed by atoms with Crippen LogP contribution >= 0.6 is 0 Å². The zero-order valence-corrected chi connectivity index (χ0v) is 21.1. The van der Waals surface area contributed by atoms with Gasteiger partial charge >= 0.3 is 5.97 Å². The van der Waals surface area contributed by atoms with E-state index in [4.69, 9.17) is 19.2 Å². The second kappa shape index (κ2) is 10.3. The Kier molecular flexibility index (Phi) is 6.81. The summed E-state index contributed by atoms with van der Waals surface area (Å²) in [4.78, 5) is 34.1. The molecule has 0 fully saturated rings. The number of fused-ring (bicyclic) bond motifs is 3. The average Bonchev–Trinajstić information content (AvgIpc) is 3.31. The first-order valence-corrected chi connectivity index (χ1v) is 12.3. The van der Waals surface area contributed by atoms with Crippen molar-refractivity contribution in [2.75, 3.05) is 32.3 Å². The van der Waals surface area contributed by atoms with Crippen LogP contribution in [-0.2, 0) is 20.7 Å². The Labute approximate surface area is 215 Å². The molecule has 0 saturated carbocycles. The number of ether oxygens (including phenoxy) is 3. The quantitative estimate of drug-likeness (QED) is 0.264. The van der Waals surface area contributed by atoms with Crippen molar-refractivity contribution < 1.29 is 23.8 Å². The molecule has 0 saturated heterocycles. The second-order valence-electron chi connectivity index (χ2n) is 8.78. The van der Waals surface area contributed by atoms with Crippen molar-refractivity contribution in [3.05, 3.63) is 83.9 Å². The van der Waals surface area contributed by atoms with Crippen molar-refractivity contribution in [2.24, 2.45) is 5.92 Å². The molecule has 1 aliphatic heterocycles. The monoisotopic (exact) mass is 499 g/mol. The number of amides is 1. The molecule has 1 amide bonds. The number of nitrogens with zero attached hydrogens (tertiary/aromatic N) is 3. The number of imidazole rings is 1. The number of hydrogen-bond acceptors (Lipinski definition) is 6. The Morgan fingerprint density at radius 3 is 2.46 bits per heavy atom. The lowest BCUT2D eigenvalue weighted by Crippen LogP contribution is -2.50. The van der Waals surface area contributed by atoms with E-state index in [2.05, 4.69) is 0 Å². The smallest absolute Gasteiger partial charge is 0.321 e. The van der Waals surface area contributed by atoms with Crippen molar-refractivity contribution in [3.8, 4) is 11.5 Å². The highest BCUT2D eigenvalue weighted by Crippen LogP contribution is 2.44. The number of esters is 1. The molecular weight excluding hydrogens is 470 g/mol. The van der Waals surface area contributed by atoms with Crippen LogP contribution in [0.15, 0.2) is 72.8 Å². The third kappa shape index (κ3) is 4.39. The van der Waals surface area contributed by atoms with Gasteiger partial charge in [-0.05, 0) is 49.2 Å². The molecular formula is C29H29N3O5. The largest absolute Gasteiger partial charge is 0.497 e. The maximum atomic E-state index is 14.1. The molecule has 0 radical (unpaired) electrons. The molecule has 4 aromatic rings. The highest BCUT2D eigenvalue weighted by molar-refractivity contribution is 6.08. The summed E-state index contributed by atoms with van der Waals surface area (Å²) < 4.78 is 18.6. The van der Waals surface area contributed by atoms with E-state index in [1.165, 1.54) is 0 Å². The number of para-hydroxylation sites is 2. The van der Waals surface area contributed by atoms with Crippen LogP contribution in [0.2, 0.25) is 0 Å². The number of benzene rings is 3. The van der Waals surface area contributed by atoms with Crippen LogP contribution in [0.5, 0.6) is 11.5 Å². The number of aromatic nitrogens is 2. The summed E-state index contributed by atoms with van der Waals surface area (Å²) >= 11 is 0. The van der Waals surface area contributed by atoms with Gasteiger partial charge in [0.15, 0.2) is 5.92 Å². The molecule has 8 nitrogen and oxygen atoms in total. The molecule has 8 heteroatoms. The zero-order valence-electron chi connectivity index (χ0n) is 21.1. The number of hydrogen-bond donors (Lipinski definition) is 0. The molecule has 1 aromatic heterocycles. The van der Waals surface area contributed by atoms with Gasteiger partial charge in [-0.15, -0.1) is 0 Å². The summed E-state index contributed by atoms with van der Waals surface area (Å²) in [7, 11) is 3.14. The normalized spacial score (nSPS) is 16.9. The third-order valence-electron chi connectivity index (χ3n) is 6.71. The van der Waals surface area contributed by atoms with E-state index < -0.39 is 17.9 Å².